The molecule has 3 rings (SSSR count). The minimum atomic E-state index is -0.426. The van der Waals surface area contributed by atoms with E-state index in [0.717, 1.165) is 11.3 Å². The molecule has 1 aliphatic heterocycles. The van der Waals surface area contributed by atoms with Crippen LogP contribution < -0.4 is 10.6 Å². The van der Waals surface area contributed by atoms with Crippen molar-refractivity contribution in [2.75, 3.05) is 13.1 Å². The molecule has 1 atom stereocenters. The van der Waals surface area contributed by atoms with Crippen molar-refractivity contribution in [3.05, 3.63) is 71.3 Å². The molecule has 140 valence electrons. The van der Waals surface area contributed by atoms with Gasteiger partial charge in [-0.3, -0.25) is 14.5 Å². The molecular weight excluding hydrogens is 342 g/mol. The van der Waals surface area contributed by atoms with Crippen molar-refractivity contribution in [2.24, 2.45) is 0 Å². The molecule has 2 N–H and O–H groups in total. The molecule has 1 fully saturated rings. The molecule has 0 aliphatic carbocycles. The SMILES string of the molecule is CCC(CNC(=O)c1ccccc1CN1C(=O)CNC1=O)c1ccccc1. The van der Waals surface area contributed by atoms with Gasteiger partial charge in [0.2, 0.25) is 5.91 Å². The summed E-state index contributed by atoms with van der Waals surface area (Å²) >= 11 is 0. The van der Waals surface area contributed by atoms with Gasteiger partial charge in [-0.15, -0.1) is 0 Å². The normalized spacial score (nSPS) is 14.8. The highest BCUT2D eigenvalue weighted by Crippen LogP contribution is 2.19. The van der Waals surface area contributed by atoms with Crippen molar-refractivity contribution in [2.45, 2.75) is 25.8 Å². The molecule has 1 saturated heterocycles. The van der Waals surface area contributed by atoms with Crippen LogP contribution in [0.5, 0.6) is 0 Å². The summed E-state index contributed by atoms with van der Waals surface area (Å²) in [6, 6.07) is 16.7. The van der Waals surface area contributed by atoms with Crippen LogP contribution in [-0.4, -0.2) is 35.8 Å². The predicted octanol–water partition coefficient (Wildman–Crippen LogP) is 2.66. The van der Waals surface area contributed by atoms with Gasteiger partial charge in [0.1, 0.15) is 0 Å². The van der Waals surface area contributed by atoms with Crippen LogP contribution in [0.15, 0.2) is 54.6 Å². The van der Waals surface area contributed by atoms with E-state index < -0.39 is 6.03 Å². The Kier molecular flexibility index (Phi) is 5.86. The van der Waals surface area contributed by atoms with Crippen LogP contribution in [0.3, 0.4) is 0 Å². The maximum absolute atomic E-state index is 12.7. The third-order valence-electron chi connectivity index (χ3n) is 4.80. The van der Waals surface area contributed by atoms with Crippen LogP contribution in [0, 0.1) is 0 Å². The first-order valence-electron chi connectivity index (χ1n) is 9.09. The summed E-state index contributed by atoms with van der Waals surface area (Å²) in [6.45, 7) is 2.71. The Morgan fingerprint density at radius 2 is 1.81 bits per heavy atom. The first-order chi connectivity index (χ1) is 13.1. The molecule has 1 unspecified atom stereocenters. The third-order valence-corrected chi connectivity index (χ3v) is 4.80. The van der Waals surface area contributed by atoms with Gasteiger partial charge in [0.15, 0.2) is 0 Å². The topological polar surface area (TPSA) is 78.5 Å². The standard InChI is InChI=1S/C21H23N3O3/c1-2-15(16-8-4-3-5-9-16)12-22-20(26)18-11-7-6-10-17(18)14-24-19(25)13-23-21(24)27/h3-11,15H,2,12-14H2,1H3,(H,22,26)(H,23,27). The number of imide groups is 1. The quantitative estimate of drug-likeness (QED) is 0.741. The van der Waals surface area contributed by atoms with Gasteiger partial charge in [-0.25, -0.2) is 4.79 Å². The summed E-state index contributed by atoms with van der Waals surface area (Å²) in [6.07, 6.45) is 0.911. The molecule has 27 heavy (non-hydrogen) atoms. The molecule has 0 spiro atoms. The Bertz CT molecular complexity index is 820. The van der Waals surface area contributed by atoms with Crippen LogP contribution in [-0.2, 0) is 11.3 Å². The van der Waals surface area contributed by atoms with E-state index >= 15 is 0 Å². The Hall–Kier alpha value is -3.15. The second kappa shape index (κ2) is 8.49. The molecule has 6 nitrogen and oxygen atoms in total. The second-order valence-corrected chi connectivity index (χ2v) is 6.52. The molecule has 1 aliphatic rings. The molecule has 1 heterocycles. The zero-order valence-corrected chi connectivity index (χ0v) is 15.3. The summed E-state index contributed by atoms with van der Waals surface area (Å²) in [5.74, 6) is -0.259. The second-order valence-electron chi connectivity index (χ2n) is 6.52. The number of nitrogens with one attached hydrogen (secondary N) is 2. The lowest BCUT2D eigenvalue weighted by Crippen LogP contribution is -2.33. The Morgan fingerprint density at radius 1 is 1.11 bits per heavy atom. The van der Waals surface area contributed by atoms with Crippen molar-refractivity contribution in [3.63, 3.8) is 0 Å². The molecule has 0 radical (unpaired) electrons. The Balaban J connectivity index is 1.70. The highest BCUT2D eigenvalue weighted by Gasteiger charge is 2.29. The van der Waals surface area contributed by atoms with Crippen molar-refractivity contribution in [1.29, 1.82) is 0 Å². The van der Waals surface area contributed by atoms with Crippen LogP contribution in [0.25, 0.3) is 0 Å². The lowest BCUT2D eigenvalue weighted by atomic mass is 9.96. The minimum absolute atomic E-state index is 0.00243. The zero-order chi connectivity index (χ0) is 19.2. The van der Waals surface area contributed by atoms with Gasteiger partial charge in [0.05, 0.1) is 13.1 Å². The fraction of sp³-hybridized carbons (Fsp3) is 0.286. The smallest absolute Gasteiger partial charge is 0.324 e. The van der Waals surface area contributed by atoms with Gasteiger partial charge in [-0.05, 0) is 23.6 Å². The molecule has 2 aromatic carbocycles. The molecule has 0 bridgehead atoms. The third kappa shape index (κ3) is 4.34. The molecular formula is C21H23N3O3. The first-order valence-corrected chi connectivity index (χ1v) is 9.09. The number of carbonyl (C=O) groups is 3. The molecule has 2 aromatic rings. The number of rotatable bonds is 7. The average molecular weight is 365 g/mol. The van der Waals surface area contributed by atoms with E-state index in [1.165, 1.54) is 5.56 Å². The number of benzene rings is 2. The minimum Gasteiger partial charge on any atom is -0.351 e. The van der Waals surface area contributed by atoms with Crippen LogP contribution in [0.1, 0.15) is 40.7 Å². The van der Waals surface area contributed by atoms with E-state index in [-0.39, 0.29) is 30.8 Å². The lowest BCUT2D eigenvalue weighted by Gasteiger charge is -2.18. The first kappa shape index (κ1) is 18.6. The number of amides is 4. The number of urea groups is 1. The predicted molar refractivity (Wildman–Crippen MR) is 102 cm³/mol. The van der Waals surface area contributed by atoms with Crippen molar-refractivity contribution >= 4 is 17.8 Å². The van der Waals surface area contributed by atoms with E-state index in [9.17, 15) is 14.4 Å². The highest BCUT2D eigenvalue weighted by molar-refractivity contribution is 6.02. The lowest BCUT2D eigenvalue weighted by molar-refractivity contribution is -0.125. The zero-order valence-electron chi connectivity index (χ0n) is 15.3. The van der Waals surface area contributed by atoms with E-state index in [2.05, 4.69) is 29.7 Å². The van der Waals surface area contributed by atoms with Gasteiger partial charge in [-0.1, -0.05) is 55.5 Å². The highest BCUT2D eigenvalue weighted by atomic mass is 16.2. The number of hydrogen-bond donors (Lipinski definition) is 2. The summed E-state index contributed by atoms with van der Waals surface area (Å²) in [7, 11) is 0. The molecule has 0 saturated carbocycles. The maximum atomic E-state index is 12.7. The average Bonchev–Trinajstić information content (AvgIpc) is 3.01. The summed E-state index contributed by atoms with van der Waals surface area (Å²) in [5.41, 5.74) is 2.31. The van der Waals surface area contributed by atoms with Gasteiger partial charge in [-0.2, -0.15) is 0 Å². The largest absolute Gasteiger partial charge is 0.351 e. The summed E-state index contributed by atoms with van der Waals surface area (Å²) in [5, 5.41) is 5.48. The monoisotopic (exact) mass is 365 g/mol. The number of hydrogen-bond acceptors (Lipinski definition) is 3. The van der Waals surface area contributed by atoms with Crippen LogP contribution >= 0.6 is 0 Å². The molecule has 4 amide bonds. The molecule has 6 heteroatoms. The summed E-state index contributed by atoms with van der Waals surface area (Å²) < 4.78 is 0. The Morgan fingerprint density at radius 3 is 2.48 bits per heavy atom. The van der Waals surface area contributed by atoms with E-state index in [0.29, 0.717) is 17.7 Å². The van der Waals surface area contributed by atoms with Crippen molar-refractivity contribution < 1.29 is 14.4 Å². The van der Waals surface area contributed by atoms with Gasteiger partial charge in [0.25, 0.3) is 5.91 Å². The Labute approximate surface area is 158 Å². The number of carbonyl (C=O) groups excluding carboxylic acids is 3. The van der Waals surface area contributed by atoms with Crippen molar-refractivity contribution in [1.82, 2.24) is 15.5 Å². The number of nitrogens with zero attached hydrogens (tertiary/aromatic N) is 1. The summed E-state index contributed by atoms with van der Waals surface area (Å²) in [4.78, 5) is 37.5. The van der Waals surface area contributed by atoms with E-state index in [1.807, 2.05) is 18.2 Å². The van der Waals surface area contributed by atoms with Gasteiger partial charge in [0, 0.05) is 18.0 Å². The van der Waals surface area contributed by atoms with Gasteiger partial charge < -0.3 is 10.6 Å². The van der Waals surface area contributed by atoms with E-state index in [4.69, 9.17) is 0 Å². The maximum Gasteiger partial charge on any atom is 0.324 e. The van der Waals surface area contributed by atoms with E-state index in [1.54, 1.807) is 24.3 Å². The fourth-order valence-corrected chi connectivity index (χ4v) is 3.20. The fourth-order valence-electron chi connectivity index (χ4n) is 3.20. The molecule has 0 aromatic heterocycles. The van der Waals surface area contributed by atoms with Gasteiger partial charge >= 0.3 is 6.03 Å². The van der Waals surface area contributed by atoms with Crippen molar-refractivity contribution in [3.8, 4) is 0 Å². The van der Waals surface area contributed by atoms with Crippen LogP contribution in [0.4, 0.5) is 4.79 Å². The van der Waals surface area contributed by atoms with Crippen LogP contribution in [0.2, 0.25) is 0 Å².